The molecule has 0 unspecified atom stereocenters. The van der Waals surface area contributed by atoms with E-state index in [2.05, 4.69) is 13.8 Å². The smallest absolute Gasteiger partial charge is 0.127 e. The molecule has 1 aromatic rings. The highest BCUT2D eigenvalue weighted by Gasteiger charge is 2.24. The summed E-state index contributed by atoms with van der Waals surface area (Å²) in [5.41, 5.74) is 1.12. The first-order valence-corrected chi connectivity index (χ1v) is 6.58. The predicted molar refractivity (Wildman–Crippen MR) is 66.6 cm³/mol. The van der Waals surface area contributed by atoms with Crippen LogP contribution in [0.25, 0.3) is 0 Å². The maximum absolute atomic E-state index is 13.1. The lowest BCUT2D eigenvalue weighted by atomic mass is 10.2. The van der Waals surface area contributed by atoms with Gasteiger partial charge in [-0.25, -0.2) is 4.39 Å². The molecule has 2 nitrogen and oxygen atoms in total. The summed E-state index contributed by atoms with van der Waals surface area (Å²) >= 11 is 0. The third kappa shape index (κ3) is 3.51. The summed E-state index contributed by atoms with van der Waals surface area (Å²) < 4.78 is 13.1. The molecule has 3 heteroatoms. The number of piperazine rings is 1. The first kappa shape index (κ1) is 12.5. The number of benzene rings is 1. The lowest BCUT2D eigenvalue weighted by Gasteiger charge is -2.32. The Morgan fingerprint density at radius 2 is 1.88 bits per heavy atom. The van der Waals surface area contributed by atoms with E-state index in [1.807, 2.05) is 6.07 Å². The molecule has 1 aliphatic rings. The minimum atomic E-state index is -0.117. The summed E-state index contributed by atoms with van der Waals surface area (Å²) in [7, 11) is 0. The van der Waals surface area contributed by atoms with Crippen LogP contribution >= 0.6 is 0 Å². The number of halogens is 1. The van der Waals surface area contributed by atoms with Crippen LogP contribution in [0.1, 0.15) is 19.4 Å². The fourth-order valence-electron chi connectivity index (χ4n) is 2.61. The van der Waals surface area contributed by atoms with Gasteiger partial charge in [0.25, 0.3) is 0 Å². The predicted octanol–water partition coefficient (Wildman–Crippen LogP) is -0.482. The molecule has 0 saturated carbocycles. The van der Waals surface area contributed by atoms with Crippen LogP contribution in [0.2, 0.25) is 0 Å². The second-order valence-corrected chi connectivity index (χ2v) is 5.37. The maximum Gasteiger partial charge on any atom is 0.127 e. The summed E-state index contributed by atoms with van der Waals surface area (Å²) in [5.74, 6) is -0.117. The molecule has 1 fully saturated rings. The van der Waals surface area contributed by atoms with Crippen molar-refractivity contribution >= 4 is 0 Å². The molecule has 1 heterocycles. The molecular formula is C14H23FN2+2. The highest BCUT2D eigenvalue weighted by molar-refractivity contribution is 5.14. The zero-order chi connectivity index (χ0) is 12.3. The van der Waals surface area contributed by atoms with Crippen LogP contribution in [0.5, 0.6) is 0 Å². The Bertz CT molecular complexity index is 357. The Labute approximate surface area is 103 Å². The number of quaternary nitrogens is 2. The van der Waals surface area contributed by atoms with Gasteiger partial charge in [0.1, 0.15) is 38.5 Å². The first-order chi connectivity index (χ1) is 8.15. The third-order valence-corrected chi connectivity index (χ3v) is 3.76. The van der Waals surface area contributed by atoms with E-state index in [0.717, 1.165) is 18.2 Å². The van der Waals surface area contributed by atoms with Crippen molar-refractivity contribution < 1.29 is 14.2 Å². The lowest BCUT2D eigenvalue weighted by molar-refractivity contribution is -1.03. The summed E-state index contributed by atoms with van der Waals surface area (Å²) in [4.78, 5) is 3.29. The molecule has 0 bridgehead atoms. The van der Waals surface area contributed by atoms with Crippen molar-refractivity contribution in [2.75, 3.05) is 26.2 Å². The molecule has 17 heavy (non-hydrogen) atoms. The van der Waals surface area contributed by atoms with Crippen molar-refractivity contribution in [2.45, 2.75) is 26.4 Å². The van der Waals surface area contributed by atoms with Crippen LogP contribution in [0, 0.1) is 5.82 Å². The zero-order valence-electron chi connectivity index (χ0n) is 10.8. The quantitative estimate of drug-likeness (QED) is 0.704. The highest BCUT2D eigenvalue weighted by Crippen LogP contribution is 2.01. The second kappa shape index (κ2) is 5.61. The molecule has 0 aliphatic carbocycles. The number of nitrogens with one attached hydrogen (secondary N) is 2. The maximum atomic E-state index is 13.1. The Morgan fingerprint density at radius 3 is 2.47 bits per heavy atom. The molecule has 2 rings (SSSR count). The van der Waals surface area contributed by atoms with Gasteiger partial charge in [0.2, 0.25) is 0 Å². The average Bonchev–Trinajstić information content (AvgIpc) is 2.29. The fourth-order valence-corrected chi connectivity index (χ4v) is 2.61. The number of rotatable bonds is 3. The van der Waals surface area contributed by atoms with E-state index >= 15 is 0 Å². The Balaban J connectivity index is 1.86. The number of hydrogen-bond acceptors (Lipinski definition) is 0. The Kier molecular flexibility index (Phi) is 4.13. The van der Waals surface area contributed by atoms with Crippen LogP contribution in [0.4, 0.5) is 4.39 Å². The van der Waals surface area contributed by atoms with Crippen molar-refractivity contribution in [1.82, 2.24) is 0 Å². The fraction of sp³-hybridized carbons (Fsp3) is 0.571. The van der Waals surface area contributed by atoms with E-state index in [1.54, 1.807) is 21.9 Å². The van der Waals surface area contributed by atoms with E-state index in [4.69, 9.17) is 0 Å². The zero-order valence-corrected chi connectivity index (χ0v) is 10.8. The van der Waals surface area contributed by atoms with Gasteiger partial charge in [-0.3, -0.25) is 0 Å². The topological polar surface area (TPSA) is 8.88 Å². The molecule has 0 spiro atoms. The molecule has 1 aromatic carbocycles. The van der Waals surface area contributed by atoms with Crippen LogP contribution in [-0.4, -0.2) is 32.2 Å². The van der Waals surface area contributed by atoms with Gasteiger partial charge in [-0.15, -0.1) is 0 Å². The number of hydrogen-bond donors (Lipinski definition) is 2. The van der Waals surface area contributed by atoms with Gasteiger partial charge >= 0.3 is 0 Å². The molecule has 0 amide bonds. The van der Waals surface area contributed by atoms with Gasteiger partial charge < -0.3 is 9.80 Å². The largest absolute Gasteiger partial charge is 0.324 e. The average molecular weight is 238 g/mol. The van der Waals surface area contributed by atoms with Crippen molar-refractivity contribution in [2.24, 2.45) is 0 Å². The van der Waals surface area contributed by atoms with Crippen molar-refractivity contribution in [3.05, 3.63) is 35.6 Å². The van der Waals surface area contributed by atoms with Gasteiger partial charge in [0.05, 0.1) is 6.04 Å². The molecule has 2 N–H and O–H groups in total. The van der Waals surface area contributed by atoms with Crippen LogP contribution in [0.15, 0.2) is 24.3 Å². The van der Waals surface area contributed by atoms with Crippen molar-refractivity contribution in [3.63, 3.8) is 0 Å². The lowest BCUT2D eigenvalue weighted by Crippen LogP contribution is -3.28. The van der Waals surface area contributed by atoms with Gasteiger partial charge in [0.15, 0.2) is 0 Å². The van der Waals surface area contributed by atoms with Crippen molar-refractivity contribution in [3.8, 4) is 0 Å². The van der Waals surface area contributed by atoms with Gasteiger partial charge in [0, 0.05) is 5.56 Å². The highest BCUT2D eigenvalue weighted by atomic mass is 19.1. The van der Waals surface area contributed by atoms with Crippen LogP contribution in [-0.2, 0) is 6.54 Å². The Morgan fingerprint density at radius 1 is 1.18 bits per heavy atom. The first-order valence-electron chi connectivity index (χ1n) is 6.58. The van der Waals surface area contributed by atoms with Crippen molar-refractivity contribution in [1.29, 1.82) is 0 Å². The molecular weight excluding hydrogens is 215 g/mol. The minimum Gasteiger partial charge on any atom is -0.324 e. The normalized spacial score (nSPS) is 25.2. The molecule has 1 saturated heterocycles. The standard InChI is InChI=1S/C14H21FN2/c1-12(2)17-8-6-16(7-9-17)11-13-4-3-5-14(15)10-13/h3-5,10,12H,6-9,11H2,1-2H3/p+2. The molecule has 1 aliphatic heterocycles. The van der Waals surface area contributed by atoms with E-state index in [1.165, 1.54) is 32.2 Å². The molecule has 94 valence electrons. The SMILES string of the molecule is CC(C)[NH+]1CC[NH+](Cc2cccc(F)c2)CC1. The monoisotopic (exact) mass is 238 g/mol. The van der Waals surface area contributed by atoms with Crippen LogP contribution in [0.3, 0.4) is 0 Å². The van der Waals surface area contributed by atoms with E-state index < -0.39 is 0 Å². The minimum absolute atomic E-state index is 0.117. The van der Waals surface area contributed by atoms with E-state index in [9.17, 15) is 4.39 Å². The Hall–Kier alpha value is -0.930. The molecule has 0 radical (unpaired) electrons. The van der Waals surface area contributed by atoms with Gasteiger partial charge in [-0.05, 0) is 26.0 Å². The van der Waals surface area contributed by atoms with Gasteiger partial charge in [-0.1, -0.05) is 12.1 Å². The summed E-state index contributed by atoms with van der Waals surface area (Å²) in [5, 5.41) is 0. The molecule has 0 atom stereocenters. The second-order valence-electron chi connectivity index (χ2n) is 5.37. The van der Waals surface area contributed by atoms with E-state index in [0.29, 0.717) is 0 Å². The summed E-state index contributed by atoms with van der Waals surface area (Å²) in [6.45, 7) is 10.4. The summed E-state index contributed by atoms with van der Waals surface area (Å²) in [6.07, 6.45) is 0. The molecule has 0 aromatic heterocycles. The van der Waals surface area contributed by atoms with Gasteiger partial charge in [-0.2, -0.15) is 0 Å². The summed E-state index contributed by atoms with van der Waals surface area (Å²) in [6, 6.07) is 7.73. The van der Waals surface area contributed by atoms with Crippen LogP contribution < -0.4 is 9.80 Å². The van der Waals surface area contributed by atoms with E-state index in [-0.39, 0.29) is 5.82 Å². The third-order valence-electron chi connectivity index (χ3n) is 3.76.